The Morgan fingerprint density at radius 2 is 1.53 bits per heavy atom. The van der Waals surface area contributed by atoms with Crippen molar-refractivity contribution in [3.8, 4) is 0 Å². The minimum atomic E-state index is 0.844. The highest BCUT2D eigenvalue weighted by atomic mass is 15.2. The molecule has 0 aromatic rings. The van der Waals surface area contributed by atoms with Crippen LogP contribution < -0.4 is 5.32 Å². The van der Waals surface area contributed by atoms with Crippen molar-refractivity contribution in [3.05, 3.63) is 0 Å². The molecule has 17 heavy (non-hydrogen) atoms. The molecule has 1 saturated carbocycles. The van der Waals surface area contributed by atoms with Crippen molar-refractivity contribution in [1.82, 2.24) is 10.2 Å². The Balaban J connectivity index is 1.63. The molecule has 1 aliphatic carbocycles. The van der Waals surface area contributed by atoms with E-state index in [-0.39, 0.29) is 0 Å². The minimum Gasteiger partial charge on any atom is -0.311 e. The number of piperidine rings is 1. The minimum absolute atomic E-state index is 0.844. The second kappa shape index (κ2) is 5.27. The van der Waals surface area contributed by atoms with Gasteiger partial charge in [-0.3, -0.25) is 4.90 Å². The zero-order valence-corrected chi connectivity index (χ0v) is 11.3. The van der Waals surface area contributed by atoms with Gasteiger partial charge in [-0.15, -0.1) is 0 Å². The van der Waals surface area contributed by atoms with Gasteiger partial charge in [-0.05, 0) is 45.1 Å². The van der Waals surface area contributed by atoms with Crippen LogP contribution in [0.25, 0.3) is 0 Å². The third-order valence-electron chi connectivity index (χ3n) is 5.33. The molecule has 2 heteroatoms. The molecule has 2 bridgehead atoms. The van der Waals surface area contributed by atoms with Crippen molar-refractivity contribution >= 4 is 0 Å². The van der Waals surface area contributed by atoms with E-state index in [9.17, 15) is 0 Å². The molecule has 3 rings (SSSR count). The summed E-state index contributed by atoms with van der Waals surface area (Å²) in [6, 6.07) is 3.49. The molecule has 2 nitrogen and oxygen atoms in total. The fourth-order valence-electron chi connectivity index (χ4n) is 4.53. The summed E-state index contributed by atoms with van der Waals surface area (Å²) < 4.78 is 0. The molecule has 2 heterocycles. The molecule has 98 valence electrons. The highest BCUT2D eigenvalue weighted by Gasteiger charge is 2.37. The van der Waals surface area contributed by atoms with Crippen molar-refractivity contribution in [2.75, 3.05) is 6.54 Å². The number of hydrogen-bond acceptors (Lipinski definition) is 2. The van der Waals surface area contributed by atoms with Gasteiger partial charge in [0.15, 0.2) is 0 Å². The Hall–Kier alpha value is -0.0800. The van der Waals surface area contributed by atoms with E-state index in [4.69, 9.17) is 0 Å². The number of fused-ring (bicyclic) bond motifs is 2. The molecule has 0 radical (unpaired) electrons. The molecule has 0 spiro atoms. The molecular formula is C15H28N2. The Bertz CT molecular complexity index is 235. The molecule has 0 amide bonds. The van der Waals surface area contributed by atoms with Gasteiger partial charge < -0.3 is 5.32 Å². The summed E-state index contributed by atoms with van der Waals surface area (Å²) in [5.74, 6) is 0. The van der Waals surface area contributed by atoms with Crippen LogP contribution in [0.2, 0.25) is 0 Å². The molecule has 0 aromatic carbocycles. The predicted octanol–water partition coefficient (Wildman–Crippen LogP) is 2.92. The van der Waals surface area contributed by atoms with Crippen LogP contribution in [0.1, 0.15) is 64.7 Å². The van der Waals surface area contributed by atoms with Gasteiger partial charge in [0.2, 0.25) is 0 Å². The Morgan fingerprint density at radius 1 is 0.882 bits per heavy atom. The van der Waals surface area contributed by atoms with E-state index in [0.29, 0.717) is 0 Å². The van der Waals surface area contributed by atoms with Gasteiger partial charge in [0, 0.05) is 24.2 Å². The van der Waals surface area contributed by atoms with Crippen molar-refractivity contribution in [3.63, 3.8) is 0 Å². The fraction of sp³-hybridized carbons (Fsp3) is 1.00. The van der Waals surface area contributed by atoms with E-state index in [1.807, 2.05) is 0 Å². The summed E-state index contributed by atoms with van der Waals surface area (Å²) in [7, 11) is 0. The van der Waals surface area contributed by atoms with Gasteiger partial charge >= 0.3 is 0 Å². The normalized spacial score (nSPS) is 38.8. The summed E-state index contributed by atoms with van der Waals surface area (Å²) in [5, 5.41) is 3.78. The van der Waals surface area contributed by atoms with Gasteiger partial charge in [-0.2, -0.15) is 0 Å². The SMILES string of the molecule is CCN(C1CCCCC1)C1CC2CCC(C1)N2. The molecule has 2 saturated heterocycles. The summed E-state index contributed by atoms with van der Waals surface area (Å²) >= 11 is 0. The maximum atomic E-state index is 3.78. The molecule has 2 aliphatic heterocycles. The molecular weight excluding hydrogens is 208 g/mol. The number of nitrogens with zero attached hydrogens (tertiary/aromatic N) is 1. The number of nitrogens with one attached hydrogen (secondary N) is 1. The summed E-state index contributed by atoms with van der Waals surface area (Å²) in [6.45, 7) is 3.65. The number of rotatable bonds is 3. The monoisotopic (exact) mass is 236 g/mol. The standard InChI is InChI=1S/C15H28N2/c1-2-17(14-6-4-3-5-7-14)15-10-12-8-9-13(11-15)16-12/h12-16H,2-11H2,1H3. The Kier molecular flexibility index (Phi) is 3.72. The first-order valence-electron chi connectivity index (χ1n) is 7.88. The molecule has 1 N–H and O–H groups in total. The first kappa shape index (κ1) is 12.0. The van der Waals surface area contributed by atoms with Crippen LogP contribution in [-0.2, 0) is 0 Å². The first-order chi connectivity index (χ1) is 8.36. The lowest BCUT2D eigenvalue weighted by Gasteiger charge is -2.43. The van der Waals surface area contributed by atoms with Gasteiger partial charge in [-0.25, -0.2) is 0 Å². The zero-order chi connectivity index (χ0) is 11.7. The average molecular weight is 236 g/mol. The largest absolute Gasteiger partial charge is 0.311 e. The summed E-state index contributed by atoms with van der Waals surface area (Å²) in [5.41, 5.74) is 0. The zero-order valence-electron chi connectivity index (χ0n) is 11.3. The van der Waals surface area contributed by atoms with Gasteiger partial charge in [0.05, 0.1) is 0 Å². The highest BCUT2D eigenvalue weighted by Crippen LogP contribution is 2.33. The molecule has 2 unspecified atom stereocenters. The smallest absolute Gasteiger partial charge is 0.0128 e. The average Bonchev–Trinajstić information content (AvgIpc) is 2.71. The van der Waals surface area contributed by atoms with Crippen molar-refractivity contribution in [1.29, 1.82) is 0 Å². The molecule has 2 atom stereocenters. The van der Waals surface area contributed by atoms with Gasteiger partial charge in [-0.1, -0.05) is 26.2 Å². The molecule has 3 fully saturated rings. The van der Waals surface area contributed by atoms with Crippen molar-refractivity contribution < 1.29 is 0 Å². The van der Waals surface area contributed by atoms with Crippen LogP contribution in [0.15, 0.2) is 0 Å². The lowest BCUT2D eigenvalue weighted by atomic mass is 9.90. The van der Waals surface area contributed by atoms with Crippen molar-refractivity contribution in [2.45, 2.75) is 88.9 Å². The lowest BCUT2D eigenvalue weighted by molar-refractivity contribution is 0.0786. The predicted molar refractivity (Wildman–Crippen MR) is 72.2 cm³/mol. The van der Waals surface area contributed by atoms with E-state index >= 15 is 0 Å². The van der Waals surface area contributed by atoms with Crippen LogP contribution in [0, 0.1) is 0 Å². The van der Waals surface area contributed by atoms with Crippen LogP contribution in [0.3, 0.4) is 0 Å². The van der Waals surface area contributed by atoms with Crippen molar-refractivity contribution in [2.24, 2.45) is 0 Å². The van der Waals surface area contributed by atoms with Gasteiger partial charge in [0.1, 0.15) is 0 Å². The van der Waals surface area contributed by atoms with Crippen LogP contribution in [-0.4, -0.2) is 35.6 Å². The fourth-order valence-corrected chi connectivity index (χ4v) is 4.53. The first-order valence-corrected chi connectivity index (χ1v) is 7.88. The third kappa shape index (κ3) is 2.53. The van der Waals surface area contributed by atoms with Crippen LogP contribution >= 0.6 is 0 Å². The van der Waals surface area contributed by atoms with Crippen LogP contribution in [0.5, 0.6) is 0 Å². The second-order valence-electron chi connectivity index (χ2n) is 6.39. The van der Waals surface area contributed by atoms with E-state index < -0.39 is 0 Å². The third-order valence-corrected chi connectivity index (χ3v) is 5.33. The topological polar surface area (TPSA) is 15.3 Å². The maximum Gasteiger partial charge on any atom is 0.0128 e. The summed E-state index contributed by atoms with van der Waals surface area (Å²) in [6.07, 6.45) is 13.1. The highest BCUT2D eigenvalue weighted by molar-refractivity contribution is 4.96. The molecule has 3 aliphatic rings. The molecule has 0 aromatic heterocycles. The Morgan fingerprint density at radius 3 is 2.12 bits per heavy atom. The van der Waals surface area contributed by atoms with E-state index in [2.05, 4.69) is 17.1 Å². The number of hydrogen-bond donors (Lipinski definition) is 1. The lowest BCUT2D eigenvalue weighted by Crippen LogP contribution is -2.51. The van der Waals surface area contributed by atoms with Crippen LogP contribution in [0.4, 0.5) is 0 Å². The second-order valence-corrected chi connectivity index (χ2v) is 6.39. The van der Waals surface area contributed by atoms with E-state index in [1.54, 1.807) is 0 Å². The van der Waals surface area contributed by atoms with Gasteiger partial charge in [0.25, 0.3) is 0 Å². The Labute approximate surface area is 106 Å². The quantitative estimate of drug-likeness (QED) is 0.810. The van der Waals surface area contributed by atoms with E-state index in [1.165, 1.54) is 64.3 Å². The summed E-state index contributed by atoms with van der Waals surface area (Å²) in [4.78, 5) is 2.87. The maximum absolute atomic E-state index is 3.78. The van der Waals surface area contributed by atoms with E-state index in [0.717, 1.165) is 24.2 Å².